The number of hydrogen-bond acceptors (Lipinski definition) is 8. The number of nitrogens with zero attached hydrogens (tertiary/aromatic N) is 3. The second-order valence-corrected chi connectivity index (χ2v) is 11.9. The smallest absolute Gasteiger partial charge is 0.306 e. The summed E-state index contributed by atoms with van der Waals surface area (Å²) in [6.07, 6.45) is 3.65. The SMILES string of the molecule is CC(=N)N1CCC(Oc2ccc(OCc3nc4cc(C(=N)N)ccc4n3C(N)(C(C)=O)[C@H]3CC[C@H](C(=O)O)CC3)cc2)CC1.Cl.Cl. The molecule has 1 saturated carbocycles. The van der Waals surface area contributed by atoms with Crippen LogP contribution in [-0.2, 0) is 21.9 Å². The third-order valence-electron chi connectivity index (χ3n) is 9.08. The van der Waals surface area contributed by atoms with E-state index in [1.165, 1.54) is 6.92 Å². The highest BCUT2D eigenvalue weighted by Gasteiger charge is 2.46. The van der Waals surface area contributed by atoms with Gasteiger partial charge in [-0.05, 0) is 82.0 Å². The average molecular weight is 677 g/mol. The van der Waals surface area contributed by atoms with Crippen LogP contribution < -0.4 is 20.9 Å². The first-order valence-electron chi connectivity index (χ1n) is 15.1. The Morgan fingerprint density at radius 2 is 1.59 bits per heavy atom. The summed E-state index contributed by atoms with van der Waals surface area (Å²) in [5.41, 5.74) is 12.9. The Balaban J connectivity index is 0.00000288. The number of Topliss-reactive ketones (excluding diaryl/α,β-unsaturated/α-hetero) is 1. The van der Waals surface area contributed by atoms with E-state index in [0.29, 0.717) is 59.7 Å². The highest BCUT2D eigenvalue weighted by atomic mass is 35.5. The number of carboxylic acid groups (broad SMARTS) is 1. The van der Waals surface area contributed by atoms with Crippen LogP contribution >= 0.6 is 24.8 Å². The van der Waals surface area contributed by atoms with Gasteiger partial charge in [0, 0.05) is 37.4 Å². The van der Waals surface area contributed by atoms with Crippen LogP contribution in [0.15, 0.2) is 42.5 Å². The highest BCUT2D eigenvalue weighted by molar-refractivity contribution is 5.98. The molecule has 0 amide bonds. The van der Waals surface area contributed by atoms with Crippen molar-refractivity contribution in [3.63, 3.8) is 0 Å². The van der Waals surface area contributed by atoms with Crippen LogP contribution in [-0.4, -0.2) is 62.2 Å². The highest BCUT2D eigenvalue weighted by Crippen LogP contribution is 2.40. The van der Waals surface area contributed by atoms with E-state index in [0.717, 1.165) is 31.7 Å². The maximum atomic E-state index is 13.4. The quantitative estimate of drug-likeness (QED) is 0.150. The average Bonchev–Trinajstić information content (AvgIpc) is 3.38. The first kappa shape index (κ1) is 36.6. The molecule has 0 bridgehead atoms. The van der Waals surface area contributed by atoms with Crippen molar-refractivity contribution in [3.05, 3.63) is 53.9 Å². The molecule has 1 aliphatic heterocycles. The van der Waals surface area contributed by atoms with Crippen LogP contribution in [0.5, 0.6) is 11.5 Å². The van der Waals surface area contributed by atoms with E-state index in [9.17, 15) is 14.7 Å². The number of aliphatic carboxylic acids is 1. The number of nitrogens with one attached hydrogen (secondary N) is 2. The number of imidazole rings is 1. The number of nitrogens with two attached hydrogens (primary N) is 2. The molecule has 2 fully saturated rings. The number of hydrogen-bond donors (Lipinski definition) is 5. The van der Waals surface area contributed by atoms with Crippen molar-refractivity contribution in [2.75, 3.05) is 13.1 Å². The summed E-state index contributed by atoms with van der Waals surface area (Å²) in [4.78, 5) is 31.8. The molecule has 1 atom stereocenters. The first-order chi connectivity index (χ1) is 21.0. The zero-order valence-electron chi connectivity index (χ0n) is 26.0. The Morgan fingerprint density at radius 1 is 0.978 bits per heavy atom. The van der Waals surface area contributed by atoms with E-state index in [-0.39, 0.29) is 55.1 Å². The fourth-order valence-corrected chi connectivity index (χ4v) is 6.48. The summed E-state index contributed by atoms with van der Waals surface area (Å²) in [5, 5.41) is 25.2. The zero-order valence-corrected chi connectivity index (χ0v) is 27.7. The first-order valence-corrected chi connectivity index (χ1v) is 15.1. The van der Waals surface area contributed by atoms with Gasteiger partial charge >= 0.3 is 5.97 Å². The van der Waals surface area contributed by atoms with Gasteiger partial charge in [0.1, 0.15) is 35.9 Å². The number of benzene rings is 2. The normalized spacial score (nSPS) is 19.7. The molecule has 2 aliphatic rings. The molecule has 1 unspecified atom stereocenters. The van der Waals surface area contributed by atoms with Gasteiger partial charge in [0.15, 0.2) is 11.4 Å². The molecule has 7 N–H and O–H groups in total. The number of ketones is 1. The largest absolute Gasteiger partial charge is 0.490 e. The van der Waals surface area contributed by atoms with E-state index >= 15 is 0 Å². The fraction of sp³-hybridized carbons (Fsp3) is 0.469. The summed E-state index contributed by atoms with van der Waals surface area (Å²) in [6.45, 7) is 4.89. The molecule has 2 aromatic carbocycles. The number of carboxylic acids is 1. The van der Waals surface area contributed by atoms with Crippen molar-refractivity contribution < 1.29 is 24.2 Å². The predicted octanol–water partition coefficient (Wildman–Crippen LogP) is 4.67. The van der Waals surface area contributed by atoms with Crippen molar-refractivity contribution in [2.45, 2.75) is 70.7 Å². The van der Waals surface area contributed by atoms with Gasteiger partial charge in [0.25, 0.3) is 0 Å². The minimum absolute atomic E-state index is 0. The van der Waals surface area contributed by atoms with Gasteiger partial charge in [-0.25, -0.2) is 4.98 Å². The Hall–Kier alpha value is -3.87. The molecule has 0 spiro atoms. The van der Waals surface area contributed by atoms with E-state index in [1.54, 1.807) is 29.7 Å². The maximum Gasteiger partial charge on any atom is 0.306 e. The standard InChI is InChI=1S/C32H41N7O5.2ClH/c1-19(40)32(36,23-6-3-21(4-7-23)31(41)42)39-28-12-5-22(30(34)35)17-27(28)37-29(39)18-43-24-8-10-25(11-9-24)44-26-13-15-38(16-14-26)20(2)33;;/h5,8-12,17,21,23,26,33H,3-4,6-7,13-16,18,36H2,1-2H3,(H3,34,35)(H,41,42);2*1H/t21-,23-,32?;;. The summed E-state index contributed by atoms with van der Waals surface area (Å²) >= 11 is 0. The van der Waals surface area contributed by atoms with Crippen LogP contribution in [0.1, 0.15) is 63.8 Å². The summed E-state index contributed by atoms with van der Waals surface area (Å²) < 4.78 is 14.1. The molecule has 14 heteroatoms. The number of halogens is 2. The monoisotopic (exact) mass is 675 g/mol. The Bertz CT molecular complexity index is 1560. The predicted molar refractivity (Wildman–Crippen MR) is 181 cm³/mol. The number of rotatable bonds is 10. The van der Waals surface area contributed by atoms with Crippen molar-refractivity contribution in [2.24, 2.45) is 23.3 Å². The van der Waals surface area contributed by atoms with Crippen LogP contribution in [0.25, 0.3) is 11.0 Å². The molecule has 46 heavy (non-hydrogen) atoms. The number of ether oxygens (including phenoxy) is 2. The van der Waals surface area contributed by atoms with Gasteiger partial charge in [-0.1, -0.05) is 0 Å². The van der Waals surface area contributed by atoms with Crippen LogP contribution in [0.2, 0.25) is 0 Å². The Kier molecular flexibility index (Phi) is 12.0. The molecule has 5 rings (SSSR count). The summed E-state index contributed by atoms with van der Waals surface area (Å²) in [5.74, 6) is 0.408. The number of nitrogen functional groups attached to an aromatic ring is 1. The molecular formula is C32H43Cl2N7O5. The minimum Gasteiger partial charge on any atom is -0.490 e. The van der Waals surface area contributed by atoms with Crippen LogP contribution in [0, 0.1) is 22.7 Å². The molecular weight excluding hydrogens is 633 g/mol. The van der Waals surface area contributed by atoms with E-state index < -0.39 is 17.6 Å². The molecule has 12 nitrogen and oxygen atoms in total. The lowest BCUT2D eigenvalue weighted by Crippen LogP contribution is -2.56. The molecule has 250 valence electrons. The molecule has 2 heterocycles. The van der Waals surface area contributed by atoms with E-state index in [4.69, 9.17) is 36.7 Å². The number of fused-ring (bicyclic) bond motifs is 1. The zero-order chi connectivity index (χ0) is 31.6. The summed E-state index contributed by atoms with van der Waals surface area (Å²) in [6, 6.07) is 12.5. The number of carbonyl (C=O) groups excluding carboxylic acids is 1. The lowest BCUT2D eigenvalue weighted by atomic mass is 9.74. The number of amidine groups is 2. The lowest BCUT2D eigenvalue weighted by molar-refractivity contribution is -0.143. The molecule has 1 aliphatic carbocycles. The van der Waals surface area contributed by atoms with Gasteiger partial charge in [-0.15, -0.1) is 24.8 Å². The second kappa shape index (κ2) is 15.1. The van der Waals surface area contributed by atoms with Crippen molar-refractivity contribution in [3.8, 4) is 11.5 Å². The van der Waals surface area contributed by atoms with Gasteiger partial charge in [0.05, 0.1) is 22.8 Å². The lowest BCUT2D eigenvalue weighted by Gasteiger charge is -2.41. The third-order valence-corrected chi connectivity index (χ3v) is 9.08. The van der Waals surface area contributed by atoms with E-state index in [2.05, 4.69) is 0 Å². The molecule has 3 aromatic rings. The molecule has 1 aromatic heterocycles. The fourth-order valence-electron chi connectivity index (χ4n) is 6.48. The topological polar surface area (TPSA) is 194 Å². The van der Waals surface area contributed by atoms with Gasteiger partial charge in [0.2, 0.25) is 0 Å². The molecule has 0 radical (unpaired) electrons. The Labute approximate surface area is 280 Å². The summed E-state index contributed by atoms with van der Waals surface area (Å²) in [7, 11) is 0. The number of likely N-dealkylation sites (tertiary alicyclic amines) is 1. The van der Waals surface area contributed by atoms with Crippen molar-refractivity contribution in [1.29, 1.82) is 10.8 Å². The van der Waals surface area contributed by atoms with Gasteiger partial charge in [-0.3, -0.25) is 25.0 Å². The minimum atomic E-state index is -1.47. The van der Waals surface area contributed by atoms with Crippen molar-refractivity contribution in [1.82, 2.24) is 14.5 Å². The number of aromatic nitrogens is 2. The van der Waals surface area contributed by atoms with E-state index in [1.807, 2.05) is 29.2 Å². The van der Waals surface area contributed by atoms with Crippen molar-refractivity contribution >= 4 is 59.3 Å². The third kappa shape index (κ3) is 7.56. The maximum absolute atomic E-state index is 13.4. The van der Waals surface area contributed by atoms with Crippen LogP contribution in [0.3, 0.4) is 0 Å². The van der Waals surface area contributed by atoms with Crippen LogP contribution in [0.4, 0.5) is 0 Å². The Morgan fingerprint density at radius 3 is 2.13 bits per heavy atom. The number of piperidine rings is 1. The number of carbonyl (C=O) groups is 2. The van der Waals surface area contributed by atoms with Gasteiger partial charge in [-0.2, -0.15) is 0 Å². The molecule has 1 saturated heterocycles. The van der Waals surface area contributed by atoms with Gasteiger partial charge < -0.3 is 30.9 Å². The second-order valence-electron chi connectivity index (χ2n) is 11.9.